The highest BCUT2D eigenvalue weighted by atomic mass is 16.7. The monoisotopic (exact) mass is 228 g/mol. The highest BCUT2D eigenvalue weighted by molar-refractivity contribution is 5.79. The van der Waals surface area contributed by atoms with Crippen molar-refractivity contribution in [2.75, 3.05) is 32.9 Å². The van der Waals surface area contributed by atoms with Crippen molar-refractivity contribution in [3.8, 4) is 0 Å². The van der Waals surface area contributed by atoms with Crippen LogP contribution in [0, 0.1) is 5.92 Å². The second-order valence-electron chi connectivity index (χ2n) is 4.29. The lowest BCUT2D eigenvalue weighted by Crippen LogP contribution is -2.47. The van der Waals surface area contributed by atoms with Crippen LogP contribution in [0.4, 0.5) is 0 Å². The van der Waals surface area contributed by atoms with Crippen LogP contribution in [0.3, 0.4) is 0 Å². The average molecular weight is 228 g/mol. The highest BCUT2D eigenvalue weighted by Crippen LogP contribution is 2.19. The largest absolute Gasteiger partial charge is 0.379 e. The van der Waals surface area contributed by atoms with Gasteiger partial charge >= 0.3 is 0 Å². The lowest BCUT2D eigenvalue weighted by Gasteiger charge is -2.29. The quantitative estimate of drug-likeness (QED) is 0.748. The van der Waals surface area contributed by atoms with Crippen LogP contribution in [-0.4, -0.2) is 49.9 Å². The number of hydroxylamine groups is 2. The van der Waals surface area contributed by atoms with E-state index in [0.29, 0.717) is 26.4 Å². The zero-order valence-corrected chi connectivity index (χ0v) is 9.78. The maximum atomic E-state index is 12.2. The van der Waals surface area contributed by atoms with Gasteiger partial charge in [-0.15, -0.1) is 0 Å². The van der Waals surface area contributed by atoms with Crippen LogP contribution in [0.2, 0.25) is 0 Å². The van der Waals surface area contributed by atoms with Crippen LogP contribution in [-0.2, 0) is 14.4 Å². The lowest BCUT2D eigenvalue weighted by molar-refractivity contribution is -0.201. The summed E-state index contributed by atoms with van der Waals surface area (Å²) < 4.78 is 5.37. The normalized spacial score (nSPS) is 30.7. The number of nitrogens with zero attached hydrogens (tertiary/aromatic N) is 1. The zero-order valence-electron chi connectivity index (χ0n) is 9.78. The Morgan fingerprint density at radius 1 is 1.44 bits per heavy atom. The summed E-state index contributed by atoms with van der Waals surface area (Å²) in [4.78, 5) is 17.5. The molecule has 2 atom stereocenters. The van der Waals surface area contributed by atoms with Crippen molar-refractivity contribution in [3.63, 3.8) is 0 Å². The minimum Gasteiger partial charge on any atom is -0.379 e. The summed E-state index contributed by atoms with van der Waals surface area (Å²) in [5, 5.41) is 4.81. The van der Waals surface area contributed by atoms with Gasteiger partial charge < -0.3 is 10.1 Å². The van der Waals surface area contributed by atoms with Crippen LogP contribution in [0.5, 0.6) is 0 Å². The van der Waals surface area contributed by atoms with Crippen molar-refractivity contribution < 1.29 is 14.4 Å². The molecule has 0 radical (unpaired) electrons. The first kappa shape index (κ1) is 11.8. The molecule has 0 aromatic heterocycles. The molecule has 2 rings (SSSR count). The topological polar surface area (TPSA) is 50.8 Å². The smallest absolute Gasteiger partial charge is 0.253 e. The van der Waals surface area contributed by atoms with Gasteiger partial charge in [-0.2, -0.15) is 0 Å². The molecule has 2 aliphatic rings. The number of likely N-dealkylation sites (N-methyl/N-ethyl adjacent to an activating group) is 1. The molecule has 5 heteroatoms. The molecular weight excluding hydrogens is 208 g/mol. The van der Waals surface area contributed by atoms with E-state index in [4.69, 9.17) is 9.57 Å². The number of carbonyl (C=O) groups is 1. The van der Waals surface area contributed by atoms with Gasteiger partial charge in [-0.25, -0.2) is 5.06 Å². The number of hydrogen-bond acceptors (Lipinski definition) is 4. The Balaban J connectivity index is 1.91. The van der Waals surface area contributed by atoms with E-state index >= 15 is 0 Å². The Morgan fingerprint density at radius 3 is 3.00 bits per heavy atom. The molecule has 1 N–H and O–H groups in total. The summed E-state index contributed by atoms with van der Waals surface area (Å²) in [6, 6.07) is 0.142. The van der Waals surface area contributed by atoms with Crippen LogP contribution >= 0.6 is 0 Å². The van der Waals surface area contributed by atoms with Crippen molar-refractivity contribution >= 4 is 5.91 Å². The Hall–Kier alpha value is -0.650. The van der Waals surface area contributed by atoms with Gasteiger partial charge in [0.15, 0.2) is 0 Å². The highest BCUT2D eigenvalue weighted by Gasteiger charge is 2.37. The third kappa shape index (κ3) is 2.53. The van der Waals surface area contributed by atoms with E-state index in [9.17, 15) is 4.79 Å². The Morgan fingerprint density at radius 2 is 2.31 bits per heavy atom. The van der Waals surface area contributed by atoms with E-state index in [1.165, 1.54) is 5.06 Å². The van der Waals surface area contributed by atoms with E-state index in [1.807, 2.05) is 6.92 Å². The fourth-order valence-corrected chi connectivity index (χ4v) is 2.22. The van der Waals surface area contributed by atoms with Gasteiger partial charge in [0, 0.05) is 12.6 Å². The summed E-state index contributed by atoms with van der Waals surface area (Å²) in [6.07, 6.45) is 2.08. The fourth-order valence-electron chi connectivity index (χ4n) is 2.22. The van der Waals surface area contributed by atoms with Crippen LogP contribution < -0.4 is 5.32 Å². The van der Waals surface area contributed by atoms with Gasteiger partial charge in [-0.05, 0) is 19.4 Å². The summed E-state index contributed by atoms with van der Waals surface area (Å²) in [5.41, 5.74) is 0. The minimum atomic E-state index is -0.0851. The molecule has 5 nitrogen and oxygen atoms in total. The maximum absolute atomic E-state index is 12.2. The van der Waals surface area contributed by atoms with E-state index < -0.39 is 0 Å². The van der Waals surface area contributed by atoms with Crippen molar-refractivity contribution in [3.05, 3.63) is 0 Å². The summed E-state index contributed by atoms with van der Waals surface area (Å²) in [6.45, 7) is 5.41. The van der Waals surface area contributed by atoms with E-state index in [2.05, 4.69) is 5.32 Å². The van der Waals surface area contributed by atoms with Crippen LogP contribution in [0.25, 0.3) is 0 Å². The van der Waals surface area contributed by atoms with Crippen molar-refractivity contribution in [1.29, 1.82) is 0 Å². The molecule has 0 bridgehead atoms. The molecule has 2 aliphatic heterocycles. The van der Waals surface area contributed by atoms with Gasteiger partial charge in [0.05, 0.1) is 25.7 Å². The first-order chi connectivity index (χ1) is 7.83. The number of nitrogens with one attached hydrogen (secondary N) is 1. The molecule has 0 aromatic rings. The molecule has 1 amide bonds. The van der Waals surface area contributed by atoms with Gasteiger partial charge in [0.1, 0.15) is 0 Å². The second kappa shape index (κ2) is 5.61. The number of rotatable bonds is 3. The predicted octanol–water partition coefficient (Wildman–Crippen LogP) is 0.165. The van der Waals surface area contributed by atoms with Crippen LogP contribution in [0.1, 0.15) is 19.8 Å². The molecule has 16 heavy (non-hydrogen) atoms. The molecule has 0 aromatic carbocycles. The lowest BCUT2D eigenvalue weighted by atomic mass is 10.0. The van der Waals surface area contributed by atoms with E-state index in [-0.39, 0.29) is 17.9 Å². The maximum Gasteiger partial charge on any atom is 0.253 e. The Bertz CT molecular complexity index is 241. The van der Waals surface area contributed by atoms with Gasteiger partial charge in [-0.3, -0.25) is 9.63 Å². The molecule has 2 unspecified atom stereocenters. The van der Waals surface area contributed by atoms with Crippen molar-refractivity contribution in [2.45, 2.75) is 25.8 Å². The molecule has 0 saturated carbocycles. The van der Waals surface area contributed by atoms with Crippen molar-refractivity contribution in [1.82, 2.24) is 10.4 Å². The van der Waals surface area contributed by atoms with Crippen molar-refractivity contribution in [2.24, 2.45) is 5.92 Å². The third-order valence-electron chi connectivity index (χ3n) is 3.11. The SMILES string of the molecule is CCNC1COCC1C(=O)N1CCCCO1. The predicted molar refractivity (Wildman–Crippen MR) is 58.7 cm³/mol. The van der Waals surface area contributed by atoms with Gasteiger partial charge in [0.25, 0.3) is 5.91 Å². The Kier molecular flexibility index (Phi) is 4.15. The number of carbonyl (C=O) groups excluding carboxylic acids is 1. The molecular formula is C11H20N2O3. The first-order valence-electron chi connectivity index (χ1n) is 6.08. The summed E-state index contributed by atoms with van der Waals surface area (Å²) >= 11 is 0. The molecule has 0 spiro atoms. The van der Waals surface area contributed by atoms with Gasteiger partial charge in [-0.1, -0.05) is 6.92 Å². The summed E-state index contributed by atoms with van der Waals surface area (Å²) in [7, 11) is 0. The molecule has 0 aliphatic carbocycles. The number of amides is 1. The molecule has 2 fully saturated rings. The molecule has 92 valence electrons. The minimum absolute atomic E-state index is 0.0724. The standard InChI is InChI=1S/C11H20N2O3/c1-2-12-10-8-15-7-9(10)11(14)13-5-3-4-6-16-13/h9-10,12H,2-8H2,1H3. The zero-order chi connectivity index (χ0) is 11.4. The average Bonchev–Trinajstić information content (AvgIpc) is 2.78. The second-order valence-corrected chi connectivity index (χ2v) is 4.29. The van der Waals surface area contributed by atoms with E-state index in [1.54, 1.807) is 0 Å². The first-order valence-corrected chi connectivity index (χ1v) is 6.08. The molecule has 2 heterocycles. The number of hydrogen-bond donors (Lipinski definition) is 1. The molecule has 2 saturated heterocycles. The van der Waals surface area contributed by atoms with Crippen LogP contribution in [0.15, 0.2) is 0 Å². The fraction of sp³-hybridized carbons (Fsp3) is 0.909. The Labute approximate surface area is 96.0 Å². The third-order valence-corrected chi connectivity index (χ3v) is 3.11. The number of ether oxygens (including phenoxy) is 1. The summed E-state index contributed by atoms with van der Waals surface area (Å²) in [5.74, 6) is -0.0128. The van der Waals surface area contributed by atoms with Gasteiger partial charge in [0.2, 0.25) is 0 Å². The van der Waals surface area contributed by atoms with E-state index in [0.717, 1.165) is 19.4 Å².